The van der Waals surface area contributed by atoms with Crippen molar-refractivity contribution in [1.82, 2.24) is 5.32 Å². The predicted molar refractivity (Wildman–Crippen MR) is 121 cm³/mol. The molecule has 0 aliphatic rings. The molecule has 0 bridgehead atoms. The van der Waals surface area contributed by atoms with E-state index >= 15 is 0 Å². The van der Waals surface area contributed by atoms with Gasteiger partial charge >= 0.3 is 17.7 Å². The number of carbonyl (C=O) groups is 2. The molecule has 0 unspecified atom stereocenters. The molecule has 1 N–H and O–H groups in total. The average Bonchev–Trinajstić information content (AvgIpc) is 2.75. The number of hydrogen-bond donors (Lipinski definition) is 1. The van der Waals surface area contributed by atoms with Crippen LogP contribution < -0.4 is 15.7 Å². The normalized spacial score (nSPS) is 10.7. The van der Waals surface area contributed by atoms with Crippen LogP contribution in [0.1, 0.15) is 42.9 Å². The van der Waals surface area contributed by atoms with Crippen molar-refractivity contribution in [3.63, 3.8) is 0 Å². The van der Waals surface area contributed by atoms with Crippen molar-refractivity contribution in [2.45, 2.75) is 46.1 Å². The van der Waals surface area contributed by atoms with Gasteiger partial charge in [-0.1, -0.05) is 43.7 Å². The van der Waals surface area contributed by atoms with E-state index in [4.69, 9.17) is 13.9 Å². The van der Waals surface area contributed by atoms with Gasteiger partial charge in [0.1, 0.15) is 17.9 Å². The topological polar surface area (TPSA) is 94.8 Å². The maximum atomic E-state index is 12.4. The van der Waals surface area contributed by atoms with Crippen molar-refractivity contribution in [2.24, 2.45) is 0 Å². The Morgan fingerprint density at radius 3 is 2.62 bits per heavy atom. The third-order valence-corrected chi connectivity index (χ3v) is 4.82. The smallest absolute Gasteiger partial charge is 0.407 e. The van der Waals surface area contributed by atoms with Gasteiger partial charge in [0.15, 0.2) is 0 Å². The fourth-order valence-corrected chi connectivity index (χ4v) is 3.39. The SMILES string of the molecule is CCCc1cc(=O)oc2cc(C)cc(OC(=O)CCCNC(=O)OCc3ccccc3)c12. The quantitative estimate of drug-likeness (QED) is 0.226. The maximum absolute atomic E-state index is 12.4. The average molecular weight is 437 g/mol. The van der Waals surface area contributed by atoms with E-state index in [0.717, 1.165) is 23.1 Å². The van der Waals surface area contributed by atoms with E-state index in [9.17, 15) is 14.4 Å². The zero-order valence-corrected chi connectivity index (χ0v) is 18.3. The van der Waals surface area contributed by atoms with Gasteiger partial charge < -0.3 is 19.2 Å². The third-order valence-electron chi connectivity index (χ3n) is 4.82. The minimum absolute atomic E-state index is 0.119. The number of hydrogen-bond acceptors (Lipinski definition) is 6. The molecule has 168 valence electrons. The molecule has 0 spiro atoms. The zero-order valence-electron chi connectivity index (χ0n) is 18.3. The van der Waals surface area contributed by atoms with Crippen molar-refractivity contribution >= 4 is 23.0 Å². The van der Waals surface area contributed by atoms with Crippen LogP contribution in [-0.4, -0.2) is 18.6 Å². The Balaban J connectivity index is 1.53. The standard InChI is InChI=1S/C25H27NO6/c1-3-8-19-15-23(28)32-21-14-17(2)13-20(24(19)21)31-22(27)11-7-12-26-25(29)30-16-18-9-5-4-6-10-18/h4-6,9-10,13-15H,3,7-8,11-12,16H2,1-2H3,(H,26,29). The summed E-state index contributed by atoms with van der Waals surface area (Å²) in [5, 5.41) is 3.27. The van der Waals surface area contributed by atoms with Crippen LogP contribution in [0.15, 0.2) is 57.7 Å². The number of aryl methyl sites for hydroxylation is 2. The molecule has 0 saturated heterocycles. The molecule has 3 aromatic rings. The molecule has 3 rings (SSSR count). The lowest BCUT2D eigenvalue weighted by Gasteiger charge is -2.12. The van der Waals surface area contributed by atoms with Crippen LogP contribution in [0.25, 0.3) is 11.0 Å². The first kappa shape index (κ1) is 23.1. The van der Waals surface area contributed by atoms with Crippen molar-refractivity contribution < 1.29 is 23.5 Å². The first-order valence-corrected chi connectivity index (χ1v) is 10.7. The van der Waals surface area contributed by atoms with Crippen molar-refractivity contribution in [2.75, 3.05) is 6.54 Å². The summed E-state index contributed by atoms with van der Waals surface area (Å²) in [4.78, 5) is 36.0. The molecule has 0 saturated carbocycles. The molecular formula is C25H27NO6. The van der Waals surface area contributed by atoms with E-state index in [-0.39, 0.29) is 19.6 Å². The largest absolute Gasteiger partial charge is 0.445 e. The first-order valence-electron chi connectivity index (χ1n) is 10.7. The second-order valence-corrected chi connectivity index (χ2v) is 7.54. The number of carbonyl (C=O) groups excluding carboxylic acids is 2. The number of alkyl carbamates (subject to hydrolysis) is 1. The monoisotopic (exact) mass is 437 g/mol. The van der Waals surface area contributed by atoms with Crippen LogP contribution in [-0.2, 0) is 22.6 Å². The molecule has 7 nitrogen and oxygen atoms in total. The number of amides is 1. The lowest BCUT2D eigenvalue weighted by atomic mass is 10.0. The Kier molecular flexibility index (Phi) is 8.02. The van der Waals surface area contributed by atoms with E-state index in [1.807, 2.05) is 44.2 Å². The van der Waals surface area contributed by atoms with Crippen LogP contribution in [0.3, 0.4) is 0 Å². The number of benzene rings is 2. The molecule has 0 radical (unpaired) electrons. The van der Waals surface area contributed by atoms with Crippen LogP contribution in [0.5, 0.6) is 5.75 Å². The summed E-state index contributed by atoms with van der Waals surface area (Å²) in [7, 11) is 0. The minimum atomic E-state index is -0.536. The molecule has 0 aliphatic carbocycles. The van der Waals surface area contributed by atoms with Gasteiger partial charge in [0, 0.05) is 19.0 Å². The minimum Gasteiger partial charge on any atom is -0.445 e. The highest BCUT2D eigenvalue weighted by Gasteiger charge is 2.15. The summed E-state index contributed by atoms with van der Waals surface area (Å²) in [5.74, 6) is -0.0440. The molecule has 0 fully saturated rings. The Morgan fingerprint density at radius 2 is 1.88 bits per heavy atom. The Hall–Kier alpha value is -3.61. The molecule has 1 amide bonds. The van der Waals surface area contributed by atoms with Gasteiger partial charge in [-0.3, -0.25) is 4.79 Å². The third kappa shape index (κ3) is 6.44. The van der Waals surface area contributed by atoms with Crippen LogP contribution >= 0.6 is 0 Å². The van der Waals surface area contributed by atoms with Crippen LogP contribution in [0, 0.1) is 6.92 Å². The lowest BCUT2D eigenvalue weighted by molar-refractivity contribution is -0.134. The second-order valence-electron chi connectivity index (χ2n) is 7.54. The number of rotatable bonds is 9. The fraction of sp³-hybridized carbons (Fsp3) is 0.320. The van der Waals surface area contributed by atoms with Gasteiger partial charge in [-0.05, 0) is 48.6 Å². The Bertz CT molecular complexity index is 1140. The highest BCUT2D eigenvalue weighted by Crippen LogP contribution is 2.31. The molecular weight excluding hydrogens is 410 g/mol. The fourth-order valence-electron chi connectivity index (χ4n) is 3.39. The zero-order chi connectivity index (χ0) is 22.9. The van der Waals surface area contributed by atoms with E-state index in [2.05, 4.69) is 5.32 Å². The first-order chi connectivity index (χ1) is 15.5. The van der Waals surface area contributed by atoms with Gasteiger partial charge in [0.05, 0.1) is 5.39 Å². The van der Waals surface area contributed by atoms with Gasteiger partial charge in [-0.25, -0.2) is 9.59 Å². The van der Waals surface area contributed by atoms with Gasteiger partial charge in [0.25, 0.3) is 0 Å². The van der Waals surface area contributed by atoms with E-state index in [1.54, 1.807) is 12.1 Å². The summed E-state index contributed by atoms with van der Waals surface area (Å²) in [6.45, 7) is 4.32. The number of fused-ring (bicyclic) bond motifs is 1. The van der Waals surface area contributed by atoms with E-state index in [0.29, 0.717) is 29.6 Å². The highest BCUT2D eigenvalue weighted by molar-refractivity contribution is 5.90. The van der Waals surface area contributed by atoms with Crippen molar-refractivity contribution in [3.05, 3.63) is 75.6 Å². The second kappa shape index (κ2) is 11.1. The van der Waals surface area contributed by atoms with Crippen LogP contribution in [0.2, 0.25) is 0 Å². The molecule has 0 aliphatic heterocycles. The molecule has 2 aromatic carbocycles. The van der Waals surface area contributed by atoms with Gasteiger partial charge in [0.2, 0.25) is 0 Å². The number of esters is 1. The summed E-state index contributed by atoms with van der Waals surface area (Å²) in [6.07, 6.45) is 1.50. The number of ether oxygens (including phenoxy) is 2. The van der Waals surface area contributed by atoms with Crippen LogP contribution in [0.4, 0.5) is 4.79 Å². The lowest BCUT2D eigenvalue weighted by Crippen LogP contribution is -2.26. The molecule has 0 atom stereocenters. The maximum Gasteiger partial charge on any atom is 0.407 e. The molecule has 1 aromatic heterocycles. The summed E-state index contributed by atoms with van der Waals surface area (Å²) < 4.78 is 16.1. The molecule has 1 heterocycles. The van der Waals surface area contributed by atoms with E-state index in [1.165, 1.54) is 6.07 Å². The predicted octanol–water partition coefficient (Wildman–Crippen LogP) is 4.67. The Morgan fingerprint density at radius 1 is 1.09 bits per heavy atom. The molecule has 32 heavy (non-hydrogen) atoms. The van der Waals surface area contributed by atoms with E-state index < -0.39 is 17.7 Å². The summed E-state index contributed by atoms with van der Waals surface area (Å²) >= 11 is 0. The number of nitrogens with one attached hydrogen (secondary N) is 1. The van der Waals surface area contributed by atoms with Gasteiger partial charge in [-0.2, -0.15) is 0 Å². The summed E-state index contributed by atoms with van der Waals surface area (Å²) in [5.41, 5.74) is 2.50. The summed E-state index contributed by atoms with van der Waals surface area (Å²) in [6, 6.07) is 14.4. The van der Waals surface area contributed by atoms with Gasteiger partial charge in [-0.15, -0.1) is 0 Å². The van der Waals surface area contributed by atoms with Crippen molar-refractivity contribution in [1.29, 1.82) is 0 Å². The van der Waals surface area contributed by atoms with Crippen molar-refractivity contribution in [3.8, 4) is 5.75 Å². The molecule has 7 heteroatoms. The highest BCUT2D eigenvalue weighted by atomic mass is 16.5. The Labute approximate surface area is 186 Å².